The molecule has 20 heavy (non-hydrogen) atoms. The number of rotatable bonds is 6. The van der Waals surface area contributed by atoms with Gasteiger partial charge in [-0.3, -0.25) is 4.79 Å². The molecule has 0 saturated heterocycles. The number of amides is 1. The quantitative estimate of drug-likeness (QED) is 0.812. The van der Waals surface area contributed by atoms with Gasteiger partial charge in [-0.2, -0.15) is 0 Å². The Balaban J connectivity index is 0.00000361. The van der Waals surface area contributed by atoms with Crippen LogP contribution in [-0.2, 0) is 11.2 Å². The highest BCUT2D eigenvalue weighted by Crippen LogP contribution is 2.16. The van der Waals surface area contributed by atoms with Crippen LogP contribution in [0.4, 0.5) is 4.39 Å². The summed E-state index contributed by atoms with van der Waals surface area (Å²) in [5.74, 6) is -0.0181. The third kappa shape index (κ3) is 6.68. The monoisotopic (exact) mass is 366 g/mol. The molecule has 1 amide bonds. The molecule has 1 rings (SSSR count). The van der Waals surface area contributed by atoms with Crippen LogP contribution >= 0.6 is 28.3 Å². The number of nitrogens with two attached hydrogens (primary N) is 1. The molecule has 0 aromatic heterocycles. The van der Waals surface area contributed by atoms with Gasteiger partial charge in [-0.1, -0.05) is 19.9 Å². The van der Waals surface area contributed by atoms with Crippen molar-refractivity contribution in [3.8, 4) is 0 Å². The van der Waals surface area contributed by atoms with E-state index in [9.17, 15) is 9.18 Å². The van der Waals surface area contributed by atoms with E-state index in [1.165, 1.54) is 6.07 Å². The fourth-order valence-corrected chi connectivity index (χ4v) is 2.20. The fraction of sp³-hybridized carbons (Fsp3) is 0.500. The van der Waals surface area contributed by atoms with Crippen molar-refractivity contribution >= 4 is 34.2 Å². The minimum atomic E-state index is -0.458. The Morgan fingerprint density at radius 1 is 1.45 bits per heavy atom. The second kappa shape index (κ2) is 9.32. The molecule has 0 aliphatic heterocycles. The standard InChI is InChI=1S/C14H20BrFN2O.ClH/c1-9(2)7-13(17)14(19)18-6-5-10-3-4-12(16)11(15)8-10;/h3-4,8-9,13H,5-7,17H2,1-2H3,(H,18,19);1H/t13-;/m0./s1. The number of nitrogens with one attached hydrogen (secondary N) is 1. The number of halogens is 3. The first-order valence-corrected chi connectivity index (χ1v) is 7.16. The number of hydrogen-bond donors (Lipinski definition) is 2. The summed E-state index contributed by atoms with van der Waals surface area (Å²) in [6.07, 6.45) is 1.33. The maximum Gasteiger partial charge on any atom is 0.236 e. The van der Waals surface area contributed by atoms with Crippen molar-refractivity contribution < 1.29 is 9.18 Å². The van der Waals surface area contributed by atoms with Gasteiger partial charge in [0.1, 0.15) is 5.82 Å². The lowest BCUT2D eigenvalue weighted by molar-refractivity contribution is -0.122. The minimum absolute atomic E-state index is 0. The zero-order valence-electron chi connectivity index (χ0n) is 11.7. The molecule has 0 bridgehead atoms. The molecule has 0 radical (unpaired) electrons. The van der Waals surface area contributed by atoms with Gasteiger partial charge in [0.05, 0.1) is 10.5 Å². The van der Waals surface area contributed by atoms with E-state index < -0.39 is 6.04 Å². The van der Waals surface area contributed by atoms with Gasteiger partial charge in [0, 0.05) is 6.54 Å². The third-order valence-electron chi connectivity index (χ3n) is 2.76. The van der Waals surface area contributed by atoms with Gasteiger partial charge in [-0.25, -0.2) is 4.39 Å². The molecule has 0 heterocycles. The van der Waals surface area contributed by atoms with Gasteiger partial charge in [0.25, 0.3) is 0 Å². The number of carbonyl (C=O) groups is 1. The summed E-state index contributed by atoms with van der Waals surface area (Å²) in [5.41, 5.74) is 6.74. The largest absolute Gasteiger partial charge is 0.354 e. The molecule has 114 valence electrons. The first-order chi connectivity index (χ1) is 8.90. The van der Waals surface area contributed by atoms with Crippen molar-refractivity contribution in [2.45, 2.75) is 32.7 Å². The molecular formula is C14H21BrClFN2O. The van der Waals surface area contributed by atoms with Crippen molar-refractivity contribution in [1.82, 2.24) is 5.32 Å². The average Bonchev–Trinajstić information content (AvgIpc) is 2.32. The SMILES string of the molecule is CC(C)C[C@H](N)C(=O)NCCc1ccc(F)c(Br)c1.Cl. The third-order valence-corrected chi connectivity index (χ3v) is 3.37. The fourth-order valence-electron chi connectivity index (χ4n) is 1.77. The van der Waals surface area contributed by atoms with E-state index in [0.29, 0.717) is 29.8 Å². The van der Waals surface area contributed by atoms with E-state index in [4.69, 9.17) is 5.73 Å². The van der Waals surface area contributed by atoms with Crippen LogP contribution in [0.1, 0.15) is 25.8 Å². The normalized spacial score (nSPS) is 11.9. The predicted molar refractivity (Wildman–Crippen MR) is 85.5 cm³/mol. The van der Waals surface area contributed by atoms with Crippen LogP contribution in [0.5, 0.6) is 0 Å². The van der Waals surface area contributed by atoms with Crippen molar-refractivity contribution in [2.75, 3.05) is 6.54 Å². The van der Waals surface area contributed by atoms with Gasteiger partial charge in [-0.05, 0) is 52.4 Å². The van der Waals surface area contributed by atoms with Gasteiger partial charge >= 0.3 is 0 Å². The zero-order valence-corrected chi connectivity index (χ0v) is 14.1. The maximum absolute atomic E-state index is 13.0. The molecule has 0 aliphatic carbocycles. The maximum atomic E-state index is 13.0. The van der Waals surface area contributed by atoms with Crippen molar-refractivity contribution in [2.24, 2.45) is 11.7 Å². The summed E-state index contributed by atoms with van der Waals surface area (Å²) < 4.78 is 13.5. The molecule has 0 unspecified atom stereocenters. The molecule has 3 nitrogen and oxygen atoms in total. The van der Waals surface area contributed by atoms with Crippen LogP contribution in [0.2, 0.25) is 0 Å². The van der Waals surface area contributed by atoms with Crippen LogP contribution in [0.3, 0.4) is 0 Å². The Labute approximate surface area is 134 Å². The van der Waals surface area contributed by atoms with Crippen LogP contribution in [0.25, 0.3) is 0 Å². The second-order valence-corrected chi connectivity index (χ2v) is 5.88. The van der Waals surface area contributed by atoms with E-state index in [-0.39, 0.29) is 24.1 Å². The number of hydrogen-bond acceptors (Lipinski definition) is 2. The molecule has 0 saturated carbocycles. The Bertz CT molecular complexity index is 443. The van der Waals surface area contributed by atoms with Crippen LogP contribution < -0.4 is 11.1 Å². The van der Waals surface area contributed by atoms with Crippen LogP contribution in [0, 0.1) is 11.7 Å². The predicted octanol–water partition coefficient (Wildman–Crippen LogP) is 3.04. The molecular weight excluding hydrogens is 347 g/mol. The van der Waals surface area contributed by atoms with Gasteiger partial charge in [0.2, 0.25) is 5.91 Å². The first-order valence-electron chi connectivity index (χ1n) is 6.37. The summed E-state index contributed by atoms with van der Waals surface area (Å²) in [4.78, 5) is 11.7. The van der Waals surface area contributed by atoms with Gasteiger partial charge in [-0.15, -0.1) is 12.4 Å². The van der Waals surface area contributed by atoms with E-state index in [2.05, 4.69) is 21.2 Å². The van der Waals surface area contributed by atoms with Gasteiger partial charge in [0.15, 0.2) is 0 Å². The topological polar surface area (TPSA) is 55.1 Å². The van der Waals surface area contributed by atoms with Crippen molar-refractivity contribution in [3.63, 3.8) is 0 Å². The Morgan fingerprint density at radius 2 is 2.10 bits per heavy atom. The van der Waals surface area contributed by atoms with E-state index in [0.717, 1.165) is 5.56 Å². The van der Waals surface area contributed by atoms with E-state index >= 15 is 0 Å². The summed E-state index contributed by atoms with van der Waals surface area (Å²) in [7, 11) is 0. The molecule has 6 heteroatoms. The Kier molecular flexibility index (Phi) is 9.01. The zero-order chi connectivity index (χ0) is 14.4. The van der Waals surface area contributed by atoms with Crippen LogP contribution in [-0.4, -0.2) is 18.5 Å². The average molecular weight is 368 g/mol. The molecule has 0 fully saturated rings. The first kappa shape index (κ1) is 19.4. The molecule has 3 N–H and O–H groups in total. The Morgan fingerprint density at radius 3 is 2.65 bits per heavy atom. The smallest absolute Gasteiger partial charge is 0.236 e. The van der Waals surface area contributed by atoms with Crippen molar-refractivity contribution in [1.29, 1.82) is 0 Å². The van der Waals surface area contributed by atoms with Gasteiger partial charge < -0.3 is 11.1 Å². The minimum Gasteiger partial charge on any atom is -0.354 e. The Hall–Kier alpha value is -0.650. The molecule has 1 aromatic rings. The summed E-state index contributed by atoms with van der Waals surface area (Å²) in [5, 5.41) is 2.80. The lowest BCUT2D eigenvalue weighted by atomic mass is 10.0. The number of benzene rings is 1. The summed E-state index contributed by atoms with van der Waals surface area (Å²) in [6, 6.07) is 4.38. The summed E-state index contributed by atoms with van der Waals surface area (Å²) in [6.45, 7) is 4.56. The van der Waals surface area contributed by atoms with Crippen LogP contribution in [0.15, 0.2) is 22.7 Å². The summed E-state index contributed by atoms with van der Waals surface area (Å²) >= 11 is 3.13. The molecule has 0 spiro atoms. The highest BCUT2D eigenvalue weighted by Gasteiger charge is 2.14. The lowest BCUT2D eigenvalue weighted by Crippen LogP contribution is -2.42. The van der Waals surface area contributed by atoms with E-state index in [1.807, 2.05) is 13.8 Å². The highest BCUT2D eigenvalue weighted by molar-refractivity contribution is 9.10. The number of carbonyl (C=O) groups excluding carboxylic acids is 1. The van der Waals surface area contributed by atoms with E-state index in [1.54, 1.807) is 12.1 Å². The van der Waals surface area contributed by atoms with Crippen molar-refractivity contribution in [3.05, 3.63) is 34.1 Å². The molecule has 1 atom stereocenters. The molecule has 1 aromatic carbocycles. The lowest BCUT2D eigenvalue weighted by Gasteiger charge is -2.14. The second-order valence-electron chi connectivity index (χ2n) is 5.03. The molecule has 0 aliphatic rings. The highest BCUT2D eigenvalue weighted by atomic mass is 79.9.